The average Bonchev–Trinajstić information content (AvgIpc) is 2.62. The maximum atomic E-state index is 13.6. The highest BCUT2D eigenvalue weighted by Gasteiger charge is 2.25. The lowest BCUT2D eigenvalue weighted by atomic mass is 9.88. The molecule has 1 aromatic heterocycles. The van der Waals surface area contributed by atoms with E-state index < -0.39 is 0 Å². The molecule has 4 nitrogen and oxygen atoms in total. The molecule has 1 aliphatic heterocycles. The highest BCUT2D eigenvalue weighted by atomic mass is 35.5. The molecule has 2 N–H and O–H groups in total. The van der Waals surface area contributed by atoms with Crippen LogP contribution in [0.1, 0.15) is 30.0 Å². The molecule has 0 unspecified atom stereocenters. The van der Waals surface area contributed by atoms with Crippen LogP contribution in [0.4, 0.5) is 10.1 Å². The molecule has 0 aliphatic carbocycles. The van der Waals surface area contributed by atoms with E-state index in [-0.39, 0.29) is 11.7 Å². The molecule has 1 aromatic carbocycles. The fourth-order valence-electron chi connectivity index (χ4n) is 3.32. The van der Waals surface area contributed by atoms with Crippen LogP contribution in [0.25, 0.3) is 0 Å². The maximum Gasteiger partial charge on any atom is 0.123 e. The third-order valence-electron chi connectivity index (χ3n) is 4.60. The maximum absolute atomic E-state index is 13.6. The van der Waals surface area contributed by atoms with Crippen molar-refractivity contribution in [1.82, 2.24) is 4.98 Å². The standard InChI is InChI=1S/C18H21ClFN3O/c1-24-17-3-2-13(20)10-14(17)12-5-8-23(9-6-12)16-4-7-22-15(11-21)18(16)19/h2-4,7,10,12H,5-6,8-9,11,21H2,1H3. The van der Waals surface area contributed by atoms with Crippen LogP contribution in [0, 0.1) is 5.82 Å². The largest absolute Gasteiger partial charge is 0.496 e. The zero-order valence-corrected chi connectivity index (χ0v) is 14.4. The van der Waals surface area contributed by atoms with Crippen molar-refractivity contribution in [1.29, 1.82) is 0 Å². The molecule has 1 aliphatic rings. The van der Waals surface area contributed by atoms with Gasteiger partial charge in [0.1, 0.15) is 11.6 Å². The first kappa shape index (κ1) is 17.0. The number of benzene rings is 1. The monoisotopic (exact) mass is 349 g/mol. The number of anilines is 1. The fourth-order valence-corrected chi connectivity index (χ4v) is 3.63. The Morgan fingerprint density at radius 3 is 2.75 bits per heavy atom. The first-order valence-corrected chi connectivity index (χ1v) is 8.43. The summed E-state index contributed by atoms with van der Waals surface area (Å²) in [4.78, 5) is 6.45. The van der Waals surface area contributed by atoms with Crippen LogP contribution in [0.3, 0.4) is 0 Å². The number of halogens is 2. The number of pyridine rings is 1. The van der Waals surface area contributed by atoms with Gasteiger partial charge in [-0.2, -0.15) is 0 Å². The van der Waals surface area contributed by atoms with Gasteiger partial charge in [-0.3, -0.25) is 4.98 Å². The zero-order valence-electron chi connectivity index (χ0n) is 13.6. The van der Waals surface area contributed by atoms with Gasteiger partial charge in [0.2, 0.25) is 0 Å². The van der Waals surface area contributed by atoms with Gasteiger partial charge in [0.05, 0.1) is 23.5 Å². The van der Waals surface area contributed by atoms with Crippen molar-refractivity contribution in [2.24, 2.45) is 5.73 Å². The van der Waals surface area contributed by atoms with Gasteiger partial charge >= 0.3 is 0 Å². The molecule has 6 heteroatoms. The van der Waals surface area contributed by atoms with Gasteiger partial charge in [0.15, 0.2) is 0 Å². The summed E-state index contributed by atoms with van der Waals surface area (Å²) in [6.45, 7) is 2.01. The number of ether oxygens (including phenoxy) is 1. The molecule has 1 saturated heterocycles. The lowest BCUT2D eigenvalue weighted by Gasteiger charge is -2.35. The molecule has 0 amide bonds. The van der Waals surface area contributed by atoms with Crippen LogP contribution in [-0.4, -0.2) is 25.2 Å². The predicted octanol–water partition coefficient (Wildman–Crippen LogP) is 3.73. The molecule has 2 aromatic rings. The molecule has 1 fully saturated rings. The van der Waals surface area contributed by atoms with Gasteiger partial charge in [-0.05, 0) is 43.0 Å². The van der Waals surface area contributed by atoms with Crippen molar-refractivity contribution in [2.75, 3.05) is 25.1 Å². The van der Waals surface area contributed by atoms with E-state index in [0.29, 0.717) is 17.3 Å². The van der Waals surface area contributed by atoms with E-state index in [1.54, 1.807) is 25.4 Å². The zero-order chi connectivity index (χ0) is 17.1. The van der Waals surface area contributed by atoms with Gasteiger partial charge in [0, 0.05) is 31.4 Å². The highest BCUT2D eigenvalue weighted by Crippen LogP contribution is 2.37. The Morgan fingerprint density at radius 2 is 2.08 bits per heavy atom. The van der Waals surface area contributed by atoms with E-state index in [1.807, 2.05) is 6.07 Å². The summed E-state index contributed by atoms with van der Waals surface area (Å²) in [5, 5.41) is 0.627. The first-order valence-electron chi connectivity index (χ1n) is 8.06. The Morgan fingerprint density at radius 1 is 1.33 bits per heavy atom. The molecule has 0 bridgehead atoms. The Bertz CT molecular complexity index is 717. The van der Waals surface area contributed by atoms with Crippen LogP contribution < -0.4 is 15.4 Å². The van der Waals surface area contributed by atoms with E-state index in [4.69, 9.17) is 22.1 Å². The van der Waals surface area contributed by atoms with Crippen LogP contribution >= 0.6 is 11.6 Å². The lowest BCUT2D eigenvalue weighted by Crippen LogP contribution is -2.33. The average molecular weight is 350 g/mol. The van der Waals surface area contributed by atoms with Gasteiger partial charge in [-0.25, -0.2) is 4.39 Å². The van der Waals surface area contributed by atoms with Gasteiger partial charge in [0.25, 0.3) is 0 Å². The smallest absolute Gasteiger partial charge is 0.123 e. The second-order valence-electron chi connectivity index (χ2n) is 5.94. The number of nitrogens with two attached hydrogens (primary N) is 1. The molecule has 0 atom stereocenters. The number of rotatable bonds is 4. The Labute approximate surface area is 146 Å². The van der Waals surface area contributed by atoms with E-state index in [0.717, 1.165) is 42.9 Å². The minimum atomic E-state index is -0.224. The Hall–Kier alpha value is -1.85. The van der Waals surface area contributed by atoms with E-state index in [9.17, 15) is 4.39 Å². The van der Waals surface area contributed by atoms with Crippen molar-refractivity contribution in [3.63, 3.8) is 0 Å². The van der Waals surface area contributed by atoms with Crippen molar-refractivity contribution in [2.45, 2.75) is 25.3 Å². The second kappa shape index (κ2) is 7.36. The predicted molar refractivity (Wildman–Crippen MR) is 94.3 cm³/mol. The molecular formula is C18H21ClFN3O. The van der Waals surface area contributed by atoms with Crippen LogP contribution in [-0.2, 0) is 6.54 Å². The summed E-state index contributed by atoms with van der Waals surface area (Å²) in [5.41, 5.74) is 8.30. The summed E-state index contributed by atoms with van der Waals surface area (Å²) in [6, 6.07) is 6.64. The van der Waals surface area contributed by atoms with E-state index in [1.165, 1.54) is 6.07 Å². The molecule has 0 spiro atoms. The number of nitrogens with zero attached hydrogens (tertiary/aromatic N) is 2. The van der Waals surface area contributed by atoms with Crippen molar-refractivity contribution in [3.8, 4) is 5.75 Å². The molecule has 128 valence electrons. The lowest BCUT2D eigenvalue weighted by molar-refractivity contribution is 0.395. The number of piperidine rings is 1. The van der Waals surface area contributed by atoms with E-state index >= 15 is 0 Å². The van der Waals surface area contributed by atoms with Gasteiger partial charge < -0.3 is 15.4 Å². The molecule has 24 heavy (non-hydrogen) atoms. The molecule has 0 saturated carbocycles. The third-order valence-corrected chi connectivity index (χ3v) is 5.01. The number of hydrogen-bond donors (Lipinski definition) is 1. The Balaban J connectivity index is 1.76. The SMILES string of the molecule is COc1ccc(F)cc1C1CCN(c2ccnc(CN)c2Cl)CC1. The quantitative estimate of drug-likeness (QED) is 0.913. The van der Waals surface area contributed by atoms with Gasteiger partial charge in [-0.1, -0.05) is 11.6 Å². The summed E-state index contributed by atoms with van der Waals surface area (Å²) in [7, 11) is 1.62. The second-order valence-corrected chi connectivity index (χ2v) is 6.32. The minimum absolute atomic E-state index is 0.224. The van der Waals surface area contributed by atoms with Gasteiger partial charge in [-0.15, -0.1) is 0 Å². The van der Waals surface area contributed by atoms with Crippen LogP contribution in [0.2, 0.25) is 5.02 Å². The summed E-state index contributed by atoms with van der Waals surface area (Å²) >= 11 is 6.41. The van der Waals surface area contributed by atoms with Crippen LogP contribution in [0.5, 0.6) is 5.75 Å². The third kappa shape index (κ3) is 3.32. The minimum Gasteiger partial charge on any atom is -0.496 e. The number of hydrogen-bond acceptors (Lipinski definition) is 4. The molecule has 2 heterocycles. The topological polar surface area (TPSA) is 51.4 Å². The molecule has 0 radical (unpaired) electrons. The molecular weight excluding hydrogens is 329 g/mol. The summed E-state index contributed by atoms with van der Waals surface area (Å²) < 4.78 is 19.0. The first-order chi connectivity index (χ1) is 11.6. The fraction of sp³-hybridized carbons (Fsp3) is 0.389. The summed E-state index contributed by atoms with van der Waals surface area (Å²) in [5.74, 6) is 0.807. The summed E-state index contributed by atoms with van der Waals surface area (Å²) in [6.07, 6.45) is 3.57. The molecule has 3 rings (SSSR count). The van der Waals surface area contributed by atoms with Crippen LogP contribution in [0.15, 0.2) is 30.5 Å². The highest BCUT2D eigenvalue weighted by molar-refractivity contribution is 6.33. The normalized spacial score (nSPS) is 15.6. The number of aromatic nitrogens is 1. The van der Waals surface area contributed by atoms with Crippen molar-refractivity contribution >= 4 is 17.3 Å². The Kier molecular flexibility index (Phi) is 5.21. The van der Waals surface area contributed by atoms with Crippen molar-refractivity contribution < 1.29 is 9.13 Å². The van der Waals surface area contributed by atoms with Crippen molar-refractivity contribution in [3.05, 3.63) is 52.6 Å². The van der Waals surface area contributed by atoms with E-state index in [2.05, 4.69) is 9.88 Å². The number of methoxy groups -OCH3 is 1.